The topological polar surface area (TPSA) is 21.1 Å². The highest BCUT2D eigenvalue weighted by atomic mass is 19.3. The Hall–Kier alpha value is -2.50. The van der Waals surface area contributed by atoms with Gasteiger partial charge in [0.15, 0.2) is 0 Å². The number of fused-ring (bicyclic) bond motifs is 2. The summed E-state index contributed by atoms with van der Waals surface area (Å²) < 4.78 is 45.5. The summed E-state index contributed by atoms with van der Waals surface area (Å²) in [5, 5.41) is 1.76. The van der Waals surface area contributed by atoms with Crippen LogP contribution < -0.4 is 5.01 Å². The van der Waals surface area contributed by atoms with Gasteiger partial charge in [-0.1, -0.05) is 19.9 Å². The van der Waals surface area contributed by atoms with E-state index in [0.29, 0.717) is 5.69 Å². The van der Waals surface area contributed by atoms with Crippen LogP contribution in [0.2, 0.25) is 0 Å². The second-order valence-electron chi connectivity index (χ2n) is 7.64. The summed E-state index contributed by atoms with van der Waals surface area (Å²) >= 11 is 0. The van der Waals surface area contributed by atoms with Crippen molar-refractivity contribution in [3.05, 3.63) is 59.2 Å². The van der Waals surface area contributed by atoms with Gasteiger partial charge >= 0.3 is 0 Å². The van der Waals surface area contributed by atoms with Crippen molar-refractivity contribution < 1.29 is 13.2 Å². The van der Waals surface area contributed by atoms with E-state index in [2.05, 4.69) is 4.98 Å². The molecule has 0 unspecified atom stereocenters. The number of hydrogen-bond acceptors (Lipinski definition) is 2. The molecule has 1 aliphatic heterocycles. The van der Waals surface area contributed by atoms with Gasteiger partial charge in [0.05, 0.1) is 28.7 Å². The lowest BCUT2D eigenvalue weighted by atomic mass is 9.77. The van der Waals surface area contributed by atoms with E-state index in [4.69, 9.17) is 0 Å². The van der Waals surface area contributed by atoms with Crippen molar-refractivity contribution in [1.29, 1.82) is 0 Å². The molecule has 0 saturated carbocycles. The Kier molecular flexibility index (Phi) is 3.42. The predicted molar refractivity (Wildman–Crippen MR) is 96.0 cm³/mol. The van der Waals surface area contributed by atoms with Crippen molar-refractivity contribution in [2.75, 3.05) is 11.6 Å². The zero-order valence-electron chi connectivity index (χ0n) is 15.1. The van der Waals surface area contributed by atoms with Crippen LogP contribution in [0.3, 0.4) is 0 Å². The molecular formula is C20H20F3N3. The summed E-state index contributed by atoms with van der Waals surface area (Å²) in [6.45, 7) is 7.09. The van der Waals surface area contributed by atoms with Gasteiger partial charge in [-0.2, -0.15) is 0 Å². The van der Waals surface area contributed by atoms with E-state index in [1.54, 1.807) is 16.0 Å². The van der Waals surface area contributed by atoms with E-state index >= 15 is 0 Å². The molecule has 6 heteroatoms. The highest BCUT2D eigenvalue weighted by Gasteiger charge is 2.54. The van der Waals surface area contributed by atoms with Gasteiger partial charge in [0.2, 0.25) is 0 Å². The van der Waals surface area contributed by atoms with E-state index in [9.17, 15) is 13.2 Å². The fourth-order valence-corrected chi connectivity index (χ4v) is 3.60. The van der Waals surface area contributed by atoms with Crippen LogP contribution in [-0.2, 0) is 5.92 Å². The zero-order valence-corrected chi connectivity index (χ0v) is 15.1. The maximum Gasteiger partial charge on any atom is 0.282 e. The molecule has 0 saturated heterocycles. The highest BCUT2D eigenvalue weighted by Crippen LogP contribution is 2.52. The highest BCUT2D eigenvalue weighted by molar-refractivity contribution is 5.81. The molecule has 0 N–H and O–H groups in total. The Labute approximate surface area is 150 Å². The summed E-state index contributed by atoms with van der Waals surface area (Å²) in [6, 6.07) is 7.51. The number of nitrogens with zero attached hydrogens (tertiary/aromatic N) is 3. The molecule has 0 atom stereocenters. The van der Waals surface area contributed by atoms with Crippen LogP contribution in [0.25, 0.3) is 11.0 Å². The number of benzene rings is 2. The average Bonchev–Trinajstić information content (AvgIpc) is 2.99. The fraction of sp³-hybridized carbons (Fsp3) is 0.350. The van der Waals surface area contributed by atoms with Crippen LogP contribution in [0.15, 0.2) is 36.7 Å². The van der Waals surface area contributed by atoms with Crippen LogP contribution in [0.4, 0.5) is 18.9 Å². The third-order valence-electron chi connectivity index (χ3n) is 5.45. The van der Waals surface area contributed by atoms with Crippen molar-refractivity contribution >= 4 is 16.7 Å². The predicted octanol–water partition coefficient (Wildman–Crippen LogP) is 5.19. The summed E-state index contributed by atoms with van der Waals surface area (Å²) in [6.07, 6.45) is 1.64. The molecule has 0 spiro atoms. The molecule has 3 nitrogen and oxygen atoms in total. The van der Waals surface area contributed by atoms with Crippen molar-refractivity contribution in [2.45, 2.75) is 33.6 Å². The van der Waals surface area contributed by atoms with Gasteiger partial charge in [-0.25, -0.2) is 22.8 Å². The van der Waals surface area contributed by atoms with Crippen LogP contribution in [0, 0.1) is 25.1 Å². The summed E-state index contributed by atoms with van der Waals surface area (Å²) in [7, 11) is 0. The normalized spacial score (nSPS) is 18.2. The Morgan fingerprint density at radius 2 is 1.81 bits per heavy atom. The van der Waals surface area contributed by atoms with Crippen molar-refractivity contribution in [1.82, 2.24) is 9.66 Å². The maximum atomic E-state index is 15.0. The van der Waals surface area contributed by atoms with Crippen molar-refractivity contribution in [3.8, 4) is 0 Å². The summed E-state index contributed by atoms with van der Waals surface area (Å²) in [5.41, 5.74) is 2.49. The number of alkyl halides is 2. The quantitative estimate of drug-likeness (QED) is 0.596. The van der Waals surface area contributed by atoms with Gasteiger partial charge in [-0.15, -0.1) is 0 Å². The van der Waals surface area contributed by atoms with Crippen LogP contribution in [0.5, 0.6) is 0 Å². The summed E-state index contributed by atoms with van der Waals surface area (Å²) in [5.74, 6) is -3.80. The van der Waals surface area contributed by atoms with E-state index in [0.717, 1.165) is 28.2 Å². The molecule has 0 fully saturated rings. The van der Waals surface area contributed by atoms with Gasteiger partial charge in [0.1, 0.15) is 12.1 Å². The van der Waals surface area contributed by atoms with E-state index < -0.39 is 17.2 Å². The van der Waals surface area contributed by atoms with E-state index in [-0.39, 0.29) is 12.1 Å². The third-order valence-corrected chi connectivity index (χ3v) is 5.45. The molecule has 4 rings (SSSR count). The molecule has 0 bridgehead atoms. The third kappa shape index (κ3) is 2.17. The van der Waals surface area contributed by atoms with Crippen LogP contribution in [0.1, 0.15) is 30.5 Å². The van der Waals surface area contributed by atoms with Crippen molar-refractivity contribution in [3.63, 3.8) is 0 Å². The zero-order chi connectivity index (χ0) is 18.9. The van der Waals surface area contributed by atoms with Gasteiger partial charge in [0.25, 0.3) is 5.92 Å². The Balaban J connectivity index is 1.97. The molecule has 26 heavy (non-hydrogen) atoms. The molecule has 0 amide bonds. The minimum Gasteiger partial charge on any atom is -0.279 e. The molecule has 3 aromatic rings. The first-order valence-electron chi connectivity index (χ1n) is 8.52. The summed E-state index contributed by atoms with van der Waals surface area (Å²) in [4.78, 5) is 4.49. The Bertz CT molecular complexity index is 1020. The Morgan fingerprint density at radius 1 is 1.08 bits per heavy atom. The van der Waals surface area contributed by atoms with Crippen LogP contribution >= 0.6 is 0 Å². The molecular weight excluding hydrogens is 339 g/mol. The van der Waals surface area contributed by atoms with E-state index in [1.807, 2.05) is 26.0 Å². The second kappa shape index (κ2) is 5.25. The molecule has 0 radical (unpaired) electrons. The minimum atomic E-state index is -3.14. The SMILES string of the molecule is Cc1ccc2c(ncn2N2CC(C)(C)C(F)(F)c3cc(F)ccc32)c1C. The maximum absolute atomic E-state index is 15.0. The molecule has 0 aliphatic carbocycles. The second-order valence-corrected chi connectivity index (χ2v) is 7.64. The molecule has 136 valence electrons. The first kappa shape index (κ1) is 16.9. The lowest BCUT2D eigenvalue weighted by molar-refractivity contribution is -0.115. The monoisotopic (exact) mass is 359 g/mol. The number of imidazole rings is 1. The minimum absolute atomic E-state index is 0.0804. The largest absolute Gasteiger partial charge is 0.282 e. The van der Waals surface area contributed by atoms with Crippen LogP contribution in [-0.4, -0.2) is 16.2 Å². The number of aromatic nitrogens is 2. The lowest BCUT2D eigenvalue weighted by Crippen LogP contribution is -2.51. The molecule has 2 heterocycles. The van der Waals surface area contributed by atoms with Gasteiger partial charge in [-0.3, -0.25) is 5.01 Å². The first-order chi connectivity index (χ1) is 12.1. The lowest BCUT2D eigenvalue weighted by Gasteiger charge is -2.45. The molecule has 2 aromatic carbocycles. The number of rotatable bonds is 1. The van der Waals surface area contributed by atoms with E-state index in [1.165, 1.54) is 26.0 Å². The van der Waals surface area contributed by atoms with Crippen molar-refractivity contribution in [2.24, 2.45) is 5.41 Å². The fourth-order valence-electron chi connectivity index (χ4n) is 3.60. The molecule has 1 aromatic heterocycles. The van der Waals surface area contributed by atoms with Gasteiger partial charge in [-0.05, 0) is 49.2 Å². The first-order valence-corrected chi connectivity index (χ1v) is 8.52. The molecule has 1 aliphatic rings. The smallest absolute Gasteiger partial charge is 0.279 e. The van der Waals surface area contributed by atoms with Gasteiger partial charge < -0.3 is 0 Å². The number of hydrogen-bond donors (Lipinski definition) is 0. The number of halogens is 3. The Morgan fingerprint density at radius 3 is 2.54 bits per heavy atom. The van der Waals surface area contributed by atoms with Gasteiger partial charge in [0, 0.05) is 5.56 Å². The average molecular weight is 359 g/mol. The standard InChI is InChI=1S/C20H20F3N3/c1-12-5-7-17-18(13(12)2)24-11-26(17)25-10-19(3,4)20(22,23)15-9-14(21)6-8-16(15)25/h5-9,11H,10H2,1-4H3. The number of aryl methyl sites for hydroxylation is 2. The number of anilines is 1.